The molecule has 0 amide bonds. The topological polar surface area (TPSA) is 62.3 Å². The van der Waals surface area contributed by atoms with Crippen molar-refractivity contribution in [3.63, 3.8) is 0 Å². The number of hydrogen-bond acceptors (Lipinski definition) is 7. The summed E-state index contributed by atoms with van der Waals surface area (Å²) in [6, 6.07) is 4.10. The molecule has 2 aliphatic heterocycles. The lowest BCUT2D eigenvalue weighted by atomic mass is 10.1. The van der Waals surface area contributed by atoms with Crippen molar-refractivity contribution in [2.24, 2.45) is 0 Å². The van der Waals surface area contributed by atoms with E-state index in [0.717, 1.165) is 47.3 Å². The van der Waals surface area contributed by atoms with Crippen LogP contribution in [0, 0.1) is 0 Å². The minimum Gasteiger partial charge on any atom is -0.385 e. The number of aromatic nitrogens is 2. The number of methoxy groups -OCH3 is 1. The van der Waals surface area contributed by atoms with Gasteiger partial charge in [-0.2, -0.15) is 13.2 Å². The number of anilines is 1. The summed E-state index contributed by atoms with van der Waals surface area (Å²) in [5, 5.41) is 9.70. The van der Waals surface area contributed by atoms with Crippen molar-refractivity contribution in [3.8, 4) is 0 Å². The molecule has 32 heavy (non-hydrogen) atoms. The van der Waals surface area contributed by atoms with Crippen molar-refractivity contribution in [2.45, 2.75) is 31.5 Å². The van der Waals surface area contributed by atoms with Crippen molar-refractivity contribution in [2.75, 3.05) is 38.7 Å². The number of fused-ring (bicyclic) bond motifs is 2. The Morgan fingerprint density at radius 3 is 2.88 bits per heavy atom. The monoisotopic (exact) mass is 511 g/mol. The minimum atomic E-state index is -4.20. The molecule has 4 rings (SSSR count). The third-order valence-electron chi connectivity index (χ3n) is 5.18. The summed E-state index contributed by atoms with van der Waals surface area (Å²) in [4.78, 5) is 11.5. The van der Waals surface area contributed by atoms with Crippen molar-refractivity contribution in [3.05, 3.63) is 39.6 Å². The van der Waals surface area contributed by atoms with Crippen LogP contribution in [0.3, 0.4) is 0 Å². The fraction of sp³-hybridized carbons (Fsp3) is 0.500. The van der Waals surface area contributed by atoms with E-state index in [1.54, 1.807) is 13.3 Å². The average molecular weight is 512 g/mol. The lowest BCUT2D eigenvalue weighted by Gasteiger charge is -2.36. The quantitative estimate of drug-likeness (QED) is 0.621. The molecule has 6 nitrogen and oxygen atoms in total. The summed E-state index contributed by atoms with van der Waals surface area (Å²) in [7, 11) is 1.69. The van der Waals surface area contributed by atoms with Gasteiger partial charge in [-0.25, -0.2) is 4.98 Å². The zero-order valence-electron chi connectivity index (χ0n) is 17.4. The van der Waals surface area contributed by atoms with E-state index in [9.17, 15) is 13.2 Å². The zero-order chi connectivity index (χ0) is 21.1. The molecule has 0 bridgehead atoms. The fourth-order valence-corrected chi connectivity index (χ4v) is 4.68. The van der Waals surface area contributed by atoms with Crippen molar-refractivity contribution < 1.29 is 17.9 Å². The van der Waals surface area contributed by atoms with Gasteiger partial charge < -0.3 is 20.3 Å². The van der Waals surface area contributed by atoms with E-state index < -0.39 is 12.6 Å². The Kier molecular flexibility index (Phi) is 9.59. The number of nitrogens with zero attached hydrogens (tertiary/aromatic N) is 3. The van der Waals surface area contributed by atoms with Gasteiger partial charge in [-0.15, -0.1) is 36.2 Å². The van der Waals surface area contributed by atoms with Gasteiger partial charge in [0.1, 0.15) is 10.7 Å². The first-order valence-electron chi connectivity index (χ1n) is 9.91. The zero-order valence-corrected chi connectivity index (χ0v) is 19.9. The SMILES string of the molecule is COCCC1CN(C2=c3ncccc3=CNc3sc(CCC(F)(F)F)nc32)CCN1.Cl.Cl. The predicted octanol–water partition coefficient (Wildman–Crippen LogP) is 2.51. The Morgan fingerprint density at radius 1 is 1.31 bits per heavy atom. The first kappa shape index (κ1) is 26.7. The van der Waals surface area contributed by atoms with Gasteiger partial charge >= 0.3 is 6.18 Å². The number of ether oxygens (including phenoxy) is 1. The number of hydrogen-bond donors (Lipinski definition) is 2. The molecule has 2 N–H and O–H groups in total. The van der Waals surface area contributed by atoms with Gasteiger partial charge in [0.2, 0.25) is 0 Å². The van der Waals surface area contributed by atoms with Crippen LogP contribution in [0.5, 0.6) is 0 Å². The van der Waals surface area contributed by atoms with Gasteiger partial charge in [0.15, 0.2) is 0 Å². The van der Waals surface area contributed by atoms with Gasteiger partial charge in [0.25, 0.3) is 0 Å². The molecular weight excluding hydrogens is 486 g/mol. The average Bonchev–Trinajstić information content (AvgIpc) is 3.06. The van der Waals surface area contributed by atoms with E-state index in [2.05, 4.69) is 25.5 Å². The summed E-state index contributed by atoms with van der Waals surface area (Å²) >= 11 is 1.28. The Bertz CT molecular complexity index is 1020. The van der Waals surface area contributed by atoms with Crippen molar-refractivity contribution >= 4 is 53.0 Å². The number of pyridine rings is 1. The molecule has 0 aliphatic carbocycles. The molecule has 0 aromatic carbocycles. The molecule has 2 aromatic rings. The predicted molar refractivity (Wildman–Crippen MR) is 125 cm³/mol. The van der Waals surface area contributed by atoms with Gasteiger partial charge in [0, 0.05) is 69.8 Å². The molecule has 178 valence electrons. The Labute approximate surface area is 200 Å². The Hall–Kier alpha value is -1.59. The van der Waals surface area contributed by atoms with Crippen LogP contribution in [0.2, 0.25) is 0 Å². The highest BCUT2D eigenvalue weighted by Crippen LogP contribution is 2.34. The van der Waals surface area contributed by atoms with Crippen LogP contribution in [0.15, 0.2) is 18.3 Å². The van der Waals surface area contributed by atoms with Crippen LogP contribution in [0.1, 0.15) is 23.5 Å². The minimum absolute atomic E-state index is 0. The highest BCUT2D eigenvalue weighted by molar-refractivity contribution is 7.16. The molecule has 0 radical (unpaired) electrons. The smallest absolute Gasteiger partial charge is 0.385 e. The number of halogens is 5. The van der Waals surface area contributed by atoms with E-state index in [-0.39, 0.29) is 37.3 Å². The molecule has 1 saturated heterocycles. The van der Waals surface area contributed by atoms with E-state index >= 15 is 0 Å². The highest BCUT2D eigenvalue weighted by Gasteiger charge is 2.30. The van der Waals surface area contributed by atoms with Gasteiger partial charge in [-0.1, -0.05) is 0 Å². The third-order valence-corrected chi connectivity index (χ3v) is 6.23. The Balaban J connectivity index is 0.00000181. The summed E-state index contributed by atoms with van der Waals surface area (Å²) in [5.74, 6) is 0. The molecule has 4 heterocycles. The number of aryl methyl sites for hydroxylation is 1. The van der Waals surface area contributed by atoms with Crippen LogP contribution >= 0.6 is 36.2 Å². The van der Waals surface area contributed by atoms with E-state index in [1.807, 2.05) is 18.3 Å². The van der Waals surface area contributed by atoms with Crippen LogP contribution in [0.25, 0.3) is 11.9 Å². The second-order valence-electron chi connectivity index (χ2n) is 7.36. The van der Waals surface area contributed by atoms with Crippen LogP contribution in [-0.2, 0) is 11.2 Å². The second-order valence-corrected chi connectivity index (χ2v) is 8.44. The van der Waals surface area contributed by atoms with Crippen LogP contribution < -0.4 is 21.2 Å². The molecule has 2 aromatic heterocycles. The van der Waals surface area contributed by atoms with Crippen LogP contribution in [0.4, 0.5) is 18.2 Å². The molecule has 0 saturated carbocycles. The van der Waals surface area contributed by atoms with E-state index in [4.69, 9.17) is 4.74 Å². The number of piperazine rings is 1. The molecule has 1 fully saturated rings. The summed E-state index contributed by atoms with van der Waals surface area (Å²) in [5.41, 5.74) is 1.55. The number of alkyl halides is 3. The number of rotatable bonds is 6. The van der Waals surface area contributed by atoms with Gasteiger partial charge in [-0.05, 0) is 18.6 Å². The van der Waals surface area contributed by atoms with Gasteiger partial charge in [0.05, 0.1) is 16.1 Å². The lowest BCUT2D eigenvalue weighted by molar-refractivity contribution is -0.134. The van der Waals surface area contributed by atoms with E-state index in [0.29, 0.717) is 17.3 Å². The Morgan fingerprint density at radius 2 is 2.12 bits per heavy atom. The summed E-state index contributed by atoms with van der Waals surface area (Å²) in [6.07, 6.45) is -0.732. The number of nitrogens with one attached hydrogen (secondary N) is 2. The lowest BCUT2D eigenvalue weighted by Crippen LogP contribution is -2.52. The fourth-order valence-electron chi connectivity index (χ4n) is 3.75. The summed E-state index contributed by atoms with van der Waals surface area (Å²) < 4.78 is 43.4. The maximum atomic E-state index is 12.7. The summed E-state index contributed by atoms with van der Waals surface area (Å²) in [6.45, 7) is 2.99. The highest BCUT2D eigenvalue weighted by atomic mass is 35.5. The molecule has 12 heteroatoms. The molecule has 2 aliphatic rings. The first-order chi connectivity index (χ1) is 14.4. The maximum absolute atomic E-state index is 12.7. The second kappa shape index (κ2) is 11.5. The third kappa shape index (κ3) is 6.26. The van der Waals surface area contributed by atoms with Gasteiger partial charge in [-0.3, -0.25) is 4.98 Å². The standard InChI is InChI=1S/C20H24F3N5OS.2ClH/c1-29-10-5-14-12-28(9-8-24-14)18-16-13(3-2-7-25-16)11-26-19-17(18)27-15(30-19)4-6-20(21,22)23;;/h2-3,7,11,14,24,26H,4-6,8-10,12H2,1H3;2*1H. The van der Waals surface area contributed by atoms with Crippen molar-refractivity contribution in [1.82, 2.24) is 20.2 Å². The number of thiazole rings is 1. The van der Waals surface area contributed by atoms with E-state index in [1.165, 1.54) is 11.3 Å². The largest absolute Gasteiger partial charge is 0.389 e. The molecule has 1 atom stereocenters. The molecular formula is C20H26Cl2F3N5OS. The normalized spacial score (nSPS) is 17.7. The molecule has 0 spiro atoms. The maximum Gasteiger partial charge on any atom is 0.389 e. The van der Waals surface area contributed by atoms with Crippen molar-refractivity contribution in [1.29, 1.82) is 0 Å². The van der Waals surface area contributed by atoms with Crippen LogP contribution in [-0.4, -0.2) is 60.4 Å². The molecule has 1 unspecified atom stereocenters. The first-order valence-corrected chi connectivity index (χ1v) is 10.7.